The third-order valence-electron chi connectivity index (χ3n) is 4.72. The van der Waals surface area contributed by atoms with Gasteiger partial charge in [-0.1, -0.05) is 6.92 Å². The molecule has 0 aromatic carbocycles. The van der Waals surface area contributed by atoms with Crippen molar-refractivity contribution >= 4 is 17.7 Å². The molecule has 1 aliphatic carbocycles. The van der Waals surface area contributed by atoms with Crippen LogP contribution in [0.4, 0.5) is 0 Å². The Morgan fingerprint density at radius 2 is 2.00 bits per heavy atom. The lowest BCUT2D eigenvalue weighted by Crippen LogP contribution is -2.30. The van der Waals surface area contributed by atoms with E-state index < -0.39 is 11.9 Å². The number of hydrogen-bond acceptors (Lipinski definition) is 4. The van der Waals surface area contributed by atoms with Crippen LogP contribution < -0.4 is 0 Å². The lowest BCUT2D eigenvalue weighted by atomic mass is 9.94. The van der Waals surface area contributed by atoms with Crippen molar-refractivity contribution in [3.05, 3.63) is 22.6 Å². The smallest absolute Gasteiger partial charge is 0.308 e. The number of carboxylic acid groups (broad SMARTS) is 1. The summed E-state index contributed by atoms with van der Waals surface area (Å²) in [7, 11) is 0. The monoisotopic (exact) mass is 305 g/mol. The van der Waals surface area contributed by atoms with Crippen molar-refractivity contribution in [3.63, 3.8) is 0 Å². The molecule has 1 aromatic rings. The van der Waals surface area contributed by atoms with E-state index in [-0.39, 0.29) is 29.9 Å². The Bertz CT molecular complexity index is 660. The number of carboxylic acids is 1. The van der Waals surface area contributed by atoms with Crippen LogP contribution in [-0.4, -0.2) is 40.8 Å². The summed E-state index contributed by atoms with van der Waals surface area (Å²) < 4.78 is 5.65. The molecule has 118 valence electrons. The molecule has 2 aliphatic rings. The summed E-state index contributed by atoms with van der Waals surface area (Å²) in [5.41, 5.74) is 1.15. The zero-order chi connectivity index (χ0) is 16.0. The zero-order valence-corrected chi connectivity index (χ0v) is 12.7. The summed E-state index contributed by atoms with van der Waals surface area (Å²) in [6.45, 7) is 4.14. The Hall–Kier alpha value is -2.11. The largest absolute Gasteiger partial charge is 0.481 e. The maximum absolute atomic E-state index is 12.6. The Labute approximate surface area is 128 Å². The summed E-state index contributed by atoms with van der Waals surface area (Å²) in [4.78, 5) is 37.3. The molecule has 0 unspecified atom stereocenters. The van der Waals surface area contributed by atoms with E-state index in [0.717, 1.165) is 6.42 Å². The molecule has 1 N–H and O–H groups in total. The molecule has 0 saturated carbocycles. The zero-order valence-electron chi connectivity index (χ0n) is 12.7. The maximum atomic E-state index is 12.6. The summed E-state index contributed by atoms with van der Waals surface area (Å²) in [6.07, 6.45) is 1.90. The van der Waals surface area contributed by atoms with Gasteiger partial charge in [0.15, 0.2) is 11.5 Å². The van der Waals surface area contributed by atoms with Gasteiger partial charge >= 0.3 is 5.97 Å². The van der Waals surface area contributed by atoms with E-state index in [1.165, 1.54) is 4.90 Å². The number of aliphatic carboxylic acids is 1. The number of ketones is 1. The lowest BCUT2D eigenvalue weighted by Gasteiger charge is -2.14. The number of aryl methyl sites for hydroxylation is 1. The molecule has 2 heterocycles. The minimum Gasteiger partial charge on any atom is -0.481 e. The van der Waals surface area contributed by atoms with Crippen LogP contribution >= 0.6 is 0 Å². The van der Waals surface area contributed by atoms with E-state index in [2.05, 4.69) is 0 Å². The molecule has 22 heavy (non-hydrogen) atoms. The van der Waals surface area contributed by atoms with Gasteiger partial charge < -0.3 is 14.4 Å². The fourth-order valence-corrected chi connectivity index (χ4v) is 3.45. The van der Waals surface area contributed by atoms with Gasteiger partial charge in [0.1, 0.15) is 5.76 Å². The van der Waals surface area contributed by atoms with Crippen LogP contribution in [-0.2, 0) is 11.2 Å². The van der Waals surface area contributed by atoms with Crippen LogP contribution in [0.5, 0.6) is 0 Å². The number of carbonyl (C=O) groups is 3. The number of furan rings is 1. The summed E-state index contributed by atoms with van der Waals surface area (Å²) in [5, 5.41) is 9.17. The molecule has 1 aliphatic heterocycles. The predicted octanol–water partition coefficient (Wildman–Crippen LogP) is 1.90. The van der Waals surface area contributed by atoms with Gasteiger partial charge in [-0.3, -0.25) is 14.4 Å². The first-order valence-corrected chi connectivity index (χ1v) is 7.57. The molecule has 1 amide bonds. The third-order valence-corrected chi connectivity index (χ3v) is 4.72. The third kappa shape index (κ3) is 2.23. The van der Waals surface area contributed by atoms with Gasteiger partial charge in [0.05, 0.1) is 11.5 Å². The van der Waals surface area contributed by atoms with Crippen molar-refractivity contribution < 1.29 is 23.9 Å². The number of Topliss-reactive ketones (excluding diaryl/α,β-unsaturated/α-hetero) is 1. The van der Waals surface area contributed by atoms with E-state index in [0.29, 0.717) is 36.3 Å². The van der Waals surface area contributed by atoms with Crippen LogP contribution in [0, 0.1) is 18.8 Å². The molecule has 6 heteroatoms. The van der Waals surface area contributed by atoms with Crippen molar-refractivity contribution in [1.29, 1.82) is 0 Å². The predicted molar refractivity (Wildman–Crippen MR) is 76.9 cm³/mol. The first-order chi connectivity index (χ1) is 10.4. The Morgan fingerprint density at radius 3 is 2.59 bits per heavy atom. The average Bonchev–Trinajstić information content (AvgIpc) is 3.00. The lowest BCUT2D eigenvalue weighted by molar-refractivity contribution is -0.142. The minimum atomic E-state index is -0.881. The van der Waals surface area contributed by atoms with Crippen LogP contribution in [0.25, 0.3) is 0 Å². The number of hydrogen-bond donors (Lipinski definition) is 1. The first-order valence-electron chi connectivity index (χ1n) is 7.57. The van der Waals surface area contributed by atoms with Crippen molar-refractivity contribution in [2.45, 2.75) is 33.1 Å². The van der Waals surface area contributed by atoms with E-state index in [4.69, 9.17) is 9.52 Å². The summed E-state index contributed by atoms with van der Waals surface area (Å²) >= 11 is 0. The number of rotatable bonds is 2. The van der Waals surface area contributed by atoms with Crippen LogP contribution in [0.15, 0.2) is 4.42 Å². The number of carbonyl (C=O) groups excluding carboxylic acids is 2. The molecule has 6 nitrogen and oxygen atoms in total. The molecule has 2 atom stereocenters. The molecule has 3 rings (SSSR count). The molecule has 1 aromatic heterocycles. The number of amides is 1. The van der Waals surface area contributed by atoms with Crippen LogP contribution in [0.1, 0.15) is 52.0 Å². The summed E-state index contributed by atoms with van der Waals surface area (Å²) in [6, 6.07) is 0. The van der Waals surface area contributed by atoms with Gasteiger partial charge in [0.2, 0.25) is 0 Å². The van der Waals surface area contributed by atoms with Crippen molar-refractivity contribution in [1.82, 2.24) is 4.90 Å². The van der Waals surface area contributed by atoms with Gasteiger partial charge in [-0.05, 0) is 19.3 Å². The topological polar surface area (TPSA) is 87.8 Å². The number of nitrogens with zero attached hydrogens (tertiary/aromatic N) is 1. The van der Waals surface area contributed by atoms with Crippen molar-refractivity contribution in [2.24, 2.45) is 11.8 Å². The van der Waals surface area contributed by atoms with Gasteiger partial charge in [-0.15, -0.1) is 0 Å². The highest BCUT2D eigenvalue weighted by Gasteiger charge is 2.39. The SMILES string of the molecule is Cc1c(C(=O)N2C[C@@H](C)[C@H](C(=O)O)C2)oc2c1C(=O)CCC2. The molecule has 1 saturated heterocycles. The van der Waals surface area contributed by atoms with Crippen LogP contribution in [0.2, 0.25) is 0 Å². The quantitative estimate of drug-likeness (QED) is 0.901. The highest BCUT2D eigenvalue weighted by molar-refractivity contribution is 6.03. The Kier molecular flexibility index (Phi) is 3.54. The van der Waals surface area contributed by atoms with Crippen LogP contribution in [0.3, 0.4) is 0 Å². The number of fused-ring (bicyclic) bond motifs is 1. The van der Waals surface area contributed by atoms with Gasteiger partial charge in [0.25, 0.3) is 5.91 Å². The van der Waals surface area contributed by atoms with Crippen molar-refractivity contribution in [3.8, 4) is 0 Å². The molecule has 0 bridgehead atoms. The second-order valence-electron chi connectivity index (χ2n) is 6.26. The second kappa shape index (κ2) is 5.26. The molecule has 0 radical (unpaired) electrons. The standard InChI is InChI=1S/C16H19NO5/c1-8-6-17(7-10(8)16(20)21)15(19)14-9(2)13-11(18)4-3-5-12(13)22-14/h8,10H,3-7H2,1-2H3,(H,20,21)/t8-,10-/m1/s1. The maximum Gasteiger partial charge on any atom is 0.308 e. The molecule has 0 spiro atoms. The highest BCUT2D eigenvalue weighted by Crippen LogP contribution is 2.32. The average molecular weight is 305 g/mol. The molecule has 1 fully saturated rings. The Morgan fingerprint density at radius 1 is 1.27 bits per heavy atom. The van der Waals surface area contributed by atoms with E-state index in [1.54, 1.807) is 6.92 Å². The fraction of sp³-hybridized carbons (Fsp3) is 0.562. The highest BCUT2D eigenvalue weighted by atomic mass is 16.4. The van der Waals surface area contributed by atoms with Gasteiger partial charge in [-0.2, -0.15) is 0 Å². The van der Waals surface area contributed by atoms with Crippen molar-refractivity contribution in [2.75, 3.05) is 13.1 Å². The first kappa shape index (κ1) is 14.8. The molecular formula is C16H19NO5. The van der Waals surface area contributed by atoms with E-state index in [1.807, 2.05) is 6.92 Å². The minimum absolute atomic E-state index is 0.0275. The second-order valence-corrected chi connectivity index (χ2v) is 6.26. The van der Waals surface area contributed by atoms with E-state index >= 15 is 0 Å². The van der Waals surface area contributed by atoms with Gasteiger partial charge in [0, 0.05) is 31.5 Å². The number of likely N-dealkylation sites (tertiary alicyclic amines) is 1. The fourth-order valence-electron chi connectivity index (χ4n) is 3.45. The van der Waals surface area contributed by atoms with E-state index in [9.17, 15) is 14.4 Å². The normalized spacial score (nSPS) is 24.5. The molecular weight excluding hydrogens is 286 g/mol. The Balaban J connectivity index is 1.88. The van der Waals surface area contributed by atoms with Gasteiger partial charge in [-0.25, -0.2) is 0 Å². The summed E-state index contributed by atoms with van der Waals surface area (Å²) in [5.74, 6) is -1.01.